The maximum Gasteiger partial charge on any atom is 0.380 e. The van der Waals surface area contributed by atoms with Gasteiger partial charge in [0, 0.05) is 0 Å². The molecule has 0 bridgehead atoms. The van der Waals surface area contributed by atoms with Gasteiger partial charge in [0.15, 0.2) is 0 Å². The molecule has 0 spiro atoms. The van der Waals surface area contributed by atoms with Crippen LogP contribution < -0.4 is 0 Å². The molecule has 128 valence electrons. The van der Waals surface area contributed by atoms with Gasteiger partial charge in [-0.3, -0.25) is 4.90 Å². The number of ether oxygens (including phenoxy) is 1. The zero-order valence-electron chi connectivity index (χ0n) is 11.7. The van der Waals surface area contributed by atoms with Crippen molar-refractivity contribution in [1.82, 2.24) is 4.90 Å². The summed E-state index contributed by atoms with van der Waals surface area (Å²) < 4.78 is 106. The maximum atomic E-state index is 13.2. The molecule has 1 atom stereocenters. The summed E-state index contributed by atoms with van der Waals surface area (Å²) in [7, 11) is 0. The fraction of sp³-hybridized carbons (Fsp3) is 1.00. The van der Waals surface area contributed by atoms with Crippen molar-refractivity contribution in [2.75, 3.05) is 19.7 Å². The average Bonchev–Trinajstić information content (AvgIpc) is 2.37. The highest BCUT2D eigenvalue weighted by Gasteiger charge is 2.75. The first-order chi connectivity index (χ1) is 9.35. The van der Waals surface area contributed by atoms with Gasteiger partial charge in [0.2, 0.25) is 0 Å². The number of nitrogens with zero attached hydrogens (tertiary/aromatic N) is 1. The van der Waals surface area contributed by atoms with Gasteiger partial charge in [-0.05, 0) is 20.0 Å². The predicted octanol–water partition coefficient (Wildman–Crippen LogP) is 3.86. The summed E-state index contributed by atoms with van der Waals surface area (Å²) in [6.07, 6.45) is -5.97. The molecule has 0 saturated heterocycles. The minimum absolute atomic E-state index is 0.340. The Hall–Kier alpha value is -0.640. The third-order valence-electron chi connectivity index (χ3n) is 2.98. The van der Waals surface area contributed by atoms with E-state index in [-0.39, 0.29) is 0 Å². The second kappa shape index (κ2) is 7.08. The monoisotopic (exact) mass is 331 g/mol. The van der Waals surface area contributed by atoms with Crippen molar-refractivity contribution in [3.63, 3.8) is 0 Å². The zero-order valence-corrected chi connectivity index (χ0v) is 11.7. The third kappa shape index (κ3) is 4.18. The fourth-order valence-corrected chi connectivity index (χ4v) is 1.54. The van der Waals surface area contributed by atoms with E-state index in [0.717, 1.165) is 0 Å². The summed E-state index contributed by atoms with van der Waals surface area (Å²) in [4.78, 5) is 1.44. The van der Waals surface area contributed by atoms with E-state index in [0.29, 0.717) is 13.1 Å². The molecule has 21 heavy (non-hydrogen) atoms. The Morgan fingerprint density at radius 2 is 1.38 bits per heavy atom. The van der Waals surface area contributed by atoms with Crippen molar-refractivity contribution >= 4 is 0 Å². The second-order valence-corrected chi connectivity index (χ2v) is 4.33. The van der Waals surface area contributed by atoms with Crippen LogP contribution in [-0.4, -0.2) is 55.0 Å². The highest BCUT2D eigenvalue weighted by atomic mass is 19.4. The molecule has 0 aliphatic carbocycles. The SMILES string of the molecule is CCN(CC)C(C)OCC(F)(F)C(F)(F)C(F)(F)C(F)F. The van der Waals surface area contributed by atoms with E-state index in [2.05, 4.69) is 4.74 Å². The molecule has 0 N–H and O–H groups in total. The Balaban J connectivity index is 4.97. The van der Waals surface area contributed by atoms with Crippen molar-refractivity contribution in [3.05, 3.63) is 0 Å². The second-order valence-electron chi connectivity index (χ2n) is 4.33. The van der Waals surface area contributed by atoms with Crippen LogP contribution in [0.2, 0.25) is 0 Å². The molecule has 0 amide bonds. The summed E-state index contributed by atoms with van der Waals surface area (Å²) in [6.45, 7) is 3.12. The predicted molar refractivity (Wildman–Crippen MR) is 59.2 cm³/mol. The van der Waals surface area contributed by atoms with Crippen LogP contribution >= 0.6 is 0 Å². The lowest BCUT2D eigenvalue weighted by Gasteiger charge is -2.34. The molecule has 1 unspecified atom stereocenters. The van der Waals surface area contributed by atoms with E-state index in [1.807, 2.05) is 0 Å². The molecule has 0 aromatic heterocycles. The number of alkyl halides is 8. The van der Waals surface area contributed by atoms with Gasteiger partial charge in [-0.25, -0.2) is 8.78 Å². The largest absolute Gasteiger partial charge is 0.380 e. The summed E-state index contributed by atoms with van der Waals surface area (Å²) in [5.41, 5.74) is 0. The topological polar surface area (TPSA) is 12.5 Å². The van der Waals surface area contributed by atoms with Crippen LogP contribution in [0.1, 0.15) is 20.8 Å². The van der Waals surface area contributed by atoms with E-state index in [1.165, 1.54) is 11.8 Å². The summed E-state index contributed by atoms with van der Waals surface area (Å²) in [5.74, 6) is -17.8. The smallest absolute Gasteiger partial charge is 0.357 e. The molecule has 10 heteroatoms. The van der Waals surface area contributed by atoms with Gasteiger partial charge in [-0.15, -0.1) is 0 Å². The Morgan fingerprint density at radius 3 is 1.71 bits per heavy atom. The van der Waals surface area contributed by atoms with Gasteiger partial charge < -0.3 is 4.74 Å². The first-order valence-corrected chi connectivity index (χ1v) is 6.12. The summed E-state index contributed by atoms with van der Waals surface area (Å²) >= 11 is 0. The van der Waals surface area contributed by atoms with Gasteiger partial charge >= 0.3 is 24.2 Å². The first-order valence-electron chi connectivity index (χ1n) is 6.12. The molecule has 0 rings (SSSR count). The van der Waals surface area contributed by atoms with Crippen molar-refractivity contribution in [1.29, 1.82) is 0 Å². The normalized spacial score (nSPS) is 15.9. The van der Waals surface area contributed by atoms with Crippen LogP contribution in [0, 0.1) is 0 Å². The van der Waals surface area contributed by atoms with Crippen LogP contribution in [0.5, 0.6) is 0 Å². The molecule has 0 aromatic carbocycles. The van der Waals surface area contributed by atoms with E-state index in [1.54, 1.807) is 13.8 Å². The molecule has 0 aliphatic rings. The van der Waals surface area contributed by atoms with Crippen LogP contribution in [0.4, 0.5) is 35.1 Å². The molecule has 0 aromatic rings. The lowest BCUT2D eigenvalue weighted by atomic mass is 10.1. The Morgan fingerprint density at radius 1 is 0.952 bits per heavy atom. The van der Waals surface area contributed by atoms with Crippen LogP contribution in [-0.2, 0) is 4.74 Å². The van der Waals surface area contributed by atoms with Crippen LogP contribution in [0.25, 0.3) is 0 Å². The van der Waals surface area contributed by atoms with Gasteiger partial charge in [0.05, 0.1) is 0 Å². The van der Waals surface area contributed by atoms with E-state index >= 15 is 0 Å². The number of hydrogen-bond donors (Lipinski definition) is 0. The van der Waals surface area contributed by atoms with Crippen molar-refractivity contribution in [2.45, 2.75) is 51.2 Å². The first kappa shape index (κ1) is 20.4. The molecule has 2 nitrogen and oxygen atoms in total. The molecule has 0 radical (unpaired) electrons. The molecule has 0 heterocycles. The number of rotatable bonds is 9. The minimum atomic E-state index is -6.23. The van der Waals surface area contributed by atoms with Crippen molar-refractivity contribution < 1.29 is 39.9 Å². The van der Waals surface area contributed by atoms with E-state index in [4.69, 9.17) is 0 Å². The summed E-state index contributed by atoms with van der Waals surface area (Å²) in [6, 6.07) is 0. The molecular weight excluding hydrogens is 314 g/mol. The lowest BCUT2D eigenvalue weighted by molar-refractivity contribution is -0.349. The van der Waals surface area contributed by atoms with Crippen molar-refractivity contribution in [2.24, 2.45) is 0 Å². The number of hydrogen-bond acceptors (Lipinski definition) is 2. The van der Waals surface area contributed by atoms with Gasteiger partial charge in [0.25, 0.3) is 0 Å². The Bertz CT molecular complexity index is 319. The highest BCUT2D eigenvalue weighted by Crippen LogP contribution is 2.48. The summed E-state index contributed by atoms with van der Waals surface area (Å²) in [5, 5.41) is 0. The molecule has 0 saturated carbocycles. The quantitative estimate of drug-likeness (QED) is 0.470. The van der Waals surface area contributed by atoms with Gasteiger partial charge in [-0.1, -0.05) is 13.8 Å². The van der Waals surface area contributed by atoms with Gasteiger partial charge in [-0.2, -0.15) is 26.3 Å². The molecule has 0 fully saturated rings. The van der Waals surface area contributed by atoms with Gasteiger partial charge in [0.1, 0.15) is 12.8 Å². The van der Waals surface area contributed by atoms with Crippen molar-refractivity contribution in [3.8, 4) is 0 Å². The Labute approximate surface area is 117 Å². The maximum absolute atomic E-state index is 13.2. The number of halogens is 8. The third-order valence-corrected chi connectivity index (χ3v) is 2.98. The highest BCUT2D eigenvalue weighted by molar-refractivity contribution is 4.97. The molecular formula is C11H17F8NO. The fourth-order valence-electron chi connectivity index (χ4n) is 1.54. The molecule has 0 aliphatic heterocycles. The zero-order chi connectivity index (χ0) is 17.1. The lowest BCUT2D eigenvalue weighted by Crippen LogP contribution is -2.59. The van der Waals surface area contributed by atoms with Crippen LogP contribution in [0.15, 0.2) is 0 Å². The van der Waals surface area contributed by atoms with E-state index in [9.17, 15) is 35.1 Å². The van der Waals surface area contributed by atoms with Crippen LogP contribution in [0.3, 0.4) is 0 Å². The van der Waals surface area contributed by atoms with E-state index < -0.39 is 37.0 Å². The standard InChI is InChI=1S/C11H17F8NO/c1-4-20(5-2)7(3)21-6-9(14,15)11(18,19)10(16,17)8(12)13/h7-8H,4-6H2,1-3H3. The average molecular weight is 331 g/mol. The minimum Gasteiger partial charge on any atom is -0.357 e. The Kier molecular flexibility index (Phi) is 6.86.